The Morgan fingerprint density at radius 3 is 1.70 bits per heavy atom. The first-order valence-corrected chi connectivity index (χ1v) is 3.58. The second-order valence-electron chi connectivity index (χ2n) is 2.51. The molecular weight excluding hydrogens is 136 g/mol. The molecule has 0 aliphatic rings. The van der Waals surface area contributed by atoms with Crippen molar-refractivity contribution in [3.05, 3.63) is 0 Å². The maximum atomic E-state index is 11.8. The first-order valence-electron chi connectivity index (χ1n) is 3.58. The summed E-state index contributed by atoms with van der Waals surface area (Å²) in [4.78, 5) is 1.78. The highest BCUT2D eigenvalue weighted by Crippen LogP contribution is 1.96. The third kappa shape index (κ3) is 3.77. The molecule has 0 saturated carbocycles. The van der Waals surface area contributed by atoms with Gasteiger partial charge in [-0.1, -0.05) is 0 Å². The standard InChI is InChI=1S/C7H15F2N/c1-7(2)10(5-3-8)6-4-9/h7H,3-6H2,1-2H3. The van der Waals surface area contributed by atoms with Crippen molar-refractivity contribution in [2.24, 2.45) is 0 Å². The highest BCUT2D eigenvalue weighted by Gasteiger charge is 2.06. The second kappa shape index (κ2) is 5.59. The van der Waals surface area contributed by atoms with Gasteiger partial charge in [0.1, 0.15) is 13.3 Å². The molecule has 0 amide bonds. The third-order valence-corrected chi connectivity index (χ3v) is 1.47. The van der Waals surface area contributed by atoms with Gasteiger partial charge < -0.3 is 0 Å². The molecule has 0 spiro atoms. The van der Waals surface area contributed by atoms with Crippen LogP contribution in [0.5, 0.6) is 0 Å². The molecule has 0 aliphatic heterocycles. The minimum Gasteiger partial charge on any atom is -0.296 e. The van der Waals surface area contributed by atoms with E-state index in [1.165, 1.54) is 0 Å². The summed E-state index contributed by atoms with van der Waals surface area (Å²) in [5.74, 6) is 0. The van der Waals surface area contributed by atoms with E-state index in [1.807, 2.05) is 13.8 Å². The number of nitrogens with zero attached hydrogens (tertiary/aromatic N) is 1. The van der Waals surface area contributed by atoms with Crippen molar-refractivity contribution in [1.82, 2.24) is 4.90 Å². The summed E-state index contributed by atoms with van der Waals surface area (Å²) in [5, 5.41) is 0. The van der Waals surface area contributed by atoms with E-state index in [2.05, 4.69) is 0 Å². The predicted molar refractivity (Wildman–Crippen MR) is 38.7 cm³/mol. The van der Waals surface area contributed by atoms with E-state index >= 15 is 0 Å². The van der Waals surface area contributed by atoms with Crippen molar-refractivity contribution in [3.63, 3.8) is 0 Å². The molecule has 10 heavy (non-hydrogen) atoms. The lowest BCUT2D eigenvalue weighted by atomic mass is 10.3. The summed E-state index contributed by atoms with van der Waals surface area (Å²) < 4.78 is 23.5. The molecule has 0 atom stereocenters. The monoisotopic (exact) mass is 151 g/mol. The van der Waals surface area contributed by atoms with Crippen molar-refractivity contribution < 1.29 is 8.78 Å². The van der Waals surface area contributed by atoms with Crippen LogP contribution in [0.4, 0.5) is 8.78 Å². The normalized spacial score (nSPS) is 11.4. The van der Waals surface area contributed by atoms with Crippen LogP contribution in [0.15, 0.2) is 0 Å². The summed E-state index contributed by atoms with van der Waals surface area (Å²) in [6.07, 6.45) is 0. The molecule has 3 heteroatoms. The largest absolute Gasteiger partial charge is 0.296 e. The highest BCUT2D eigenvalue weighted by molar-refractivity contribution is 4.60. The van der Waals surface area contributed by atoms with Crippen LogP contribution in [0.1, 0.15) is 13.8 Å². The molecule has 0 aromatic heterocycles. The molecule has 0 heterocycles. The van der Waals surface area contributed by atoms with Gasteiger partial charge in [0.2, 0.25) is 0 Å². The van der Waals surface area contributed by atoms with E-state index in [0.29, 0.717) is 13.1 Å². The van der Waals surface area contributed by atoms with Crippen LogP contribution in [0.25, 0.3) is 0 Å². The minimum absolute atomic E-state index is 0.242. The second-order valence-corrected chi connectivity index (χ2v) is 2.51. The van der Waals surface area contributed by atoms with Gasteiger partial charge >= 0.3 is 0 Å². The summed E-state index contributed by atoms with van der Waals surface area (Å²) in [6.45, 7) is 3.79. The van der Waals surface area contributed by atoms with Gasteiger partial charge in [-0.3, -0.25) is 4.90 Å². The fraction of sp³-hybridized carbons (Fsp3) is 1.00. The lowest BCUT2D eigenvalue weighted by molar-refractivity contribution is 0.188. The molecular formula is C7H15F2N. The summed E-state index contributed by atoms with van der Waals surface area (Å²) in [5.41, 5.74) is 0. The smallest absolute Gasteiger partial charge is 0.102 e. The quantitative estimate of drug-likeness (QED) is 0.577. The molecule has 0 fully saturated rings. The molecule has 0 aromatic rings. The van der Waals surface area contributed by atoms with Gasteiger partial charge in [0.15, 0.2) is 0 Å². The Bertz CT molecular complexity index is 70.0. The Kier molecular flexibility index (Phi) is 5.49. The summed E-state index contributed by atoms with van der Waals surface area (Å²) in [7, 11) is 0. The van der Waals surface area contributed by atoms with Gasteiger partial charge in [0, 0.05) is 19.1 Å². The van der Waals surface area contributed by atoms with E-state index < -0.39 is 13.3 Å². The Labute approximate surface area is 61.0 Å². The lowest BCUT2D eigenvalue weighted by Crippen LogP contribution is -2.34. The van der Waals surface area contributed by atoms with E-state index in [0.717, 1.165) is 0 Å². The Morgan fingerprint density at radius 2 is 1.50 bits per heavy atom. The van der Waals surface area contributed by atoms with E-state index in [4.69, 9.17) is 0 Å². The van der Waals surface area contributed by atoms with Crippen LogP contribution in [-0.2, 0) is 0 Å². The molecule has 1 nitrogen and oxygen atoms in total. The van der Waals surface area contributed by atoms with Crippen molar-refractivity contribution in [1.29, 1.82) is 0 Å². The molecule has 0 bridgehead atoms. The van der Waals surface area contributed by atoms with Gasteiger partial charge in [0.05, 0.1) is 0 Å². The van der Waals surface area contributed by atoms with Crippen LogP contribution >= 0.6 is 0 Å². The zero-order chi connectivity index (χ0) is 7.98. The van der Waals surface area contributed by atoms with Crippen molar-refractivity contribution in [3.8, 4) is 0 Å². The van der Waals surface area contributed by atoms with Crippen LogP contribution in [-0.4, -0.2) is 37.4 Å². The van der Waals surface area contributed by atoms with Gasteiger partial charge in [-0.15, -0.1) is 0 Å². The average Bonchev–Trinajstić information content (AvgIpc) is 1.87. The number of alkyl halides is 2. The van der Waals surface area contributed by atoms with Gasteiger partial charge in [-0.05, 0) is 13.8 Å². The van der Waals surface area contributed by atoms with Crippen LogP contribution in [0.2, 0.25) is 0 Å². The molecule has 0 unspecified atom stereocenters. The maximum Gasteiger partial charge on any atom is 0.102 e. The van der Waals surface area contributed by atoms with E-state index in [1.54, 1.807) is 4.90 Å². The predicted octanol–water partition coefficient (Wildman–Crippen LogP) is 1.64. The zero-order valence-electron chi connectivity index (χ0n) is 6.61. The number of halogens is 2. The lowest BCUT2D eigenvalue weighted by Gasteiger charge is -2.23. The third-order valence-electron chi connectivity index (χ3n) is 1.47. The Balaban J connectivity index is 3.50. The molecule has 0 saturated heterocycles. The van der Waals surface area contributed by atoms with Crippen molar-refractivity contribution >= 4 is 0 Å². The fourth-order valence-electron chi connectivity index (χ4n) is 0.845. The van der Waals surface area contributed by atoms with Crippen molar-refractivity contribution in [2.45, 2.75) is 19.9 Å². The van der Waals surface area contributed by atoms with Gasteiger partial charge in [-0.2, -0.15) is 0 Å². The maximum absolute atomic E-state index is 11.8. The number of hydrogen-bond donors (Lipinski definition) is 0. The van der Waals surface area contributed by atoms with Crippen LogP contribution < -0.4 is 0 Å². The Morgan fingerprint density at radius 1 is 1.10 bits per heavy atom. The zero-order valence-corrected chi connectivity index (χ0v) is 6.61. The van der Waals surface area contributed by atoms with Crippen LogP contribution in [0.3, 0.4) is 0 Å². The average molecular weight is 151 g/mol. The topological polar surface area (TPSA) is 3.24 Å². The molecule has 0 aliphatic carbocycles. The molecule has 62 valence electrons. The van der Waals surface area contributed by atoms with Crippen LogP contribution in [0, 0.1) is 0 Å². The first-order chi connectivity index (χ1) is 4.72. The molecule has 0 radical (unpaired) electrons. The number of hydrogen-bond acceptors (Lipinski definition) is 1. The Hall–Kier alpha value is -0.180. The minimum atomic E-state index is -0.391. The summed E-state index contributed by atoms with van der Waals surface area (Å²) in [6, 6.07) is 0.242. The summed E-state index contributed by atoms with van der Waals surface area (Å²) >= 11 is 0. The van der Waals surface area contributed by atoms with Gasteiger partial charge in [0.25, 0.3) is 0 Å². The highest BCUT2D eigenvalue weighted by atomic mass is 19.1. The SMILES string of the molecule is CC(C)N(CCF)CCF. The molecule has 0 rings (SSSR count). The molecule has 0 N–H and O–H groups in total. The van der Waals surface area contributed by atoms with Crippen molar-refractivity contribution in [2.75, 3.05) is 26.4 Å². The van der Waals surface area contributed by atoms with E-state index in [-0.39, 0.29) is 6.04 Å². The molecule has 0 aromatic carbocycles. The number of rotatable bonds is 5. The van der Waals surface area contributed by atoms with Gasteiger partial charge in [-0.25, -0.2) is 8.78 Å². The van der Waals surface area contributed by atoms with E-state index in [9.17, 15) is 8.78 Å². The first kappa shape index (κ1) is 9.82. The fourth-order valence-corrected chi connectivity index (χ4v) is 0.845.